The topological polar surface area (TPSA) is 82.2 Å². The predicted molar refractivity (Wildman–Crippen MR) is 132 cm³/mol. The Hall–Kier alpha value is -2.74. The molecule has 2 aromatic carbocycles. The number of methoxy groups -OCH3 is 2. The van der Waals surface area contributed by atoms with Gasteiger partial charge in [-0.1, -0.05) is 6.08 Å². The Labute approximate surface area is 206 Å². The highest BCUT2D eigenvalue weighted by Crippen LogP contribution is 2.48. The standard InChI is InChI=1S/C28H34O7/c1-4-5-17-8-22(27(25(10-17)30-2)34-15-20-13-32-20)23-9-18(6-7-19-12-24(19)29)11-26(31-3)28(23)35-16-21-14-33-21/h4,8-11,19-21,24,29H,1,5-7,12-16H2,2-3H3. The van der Waals surface area contributed by atoms with Crippen molar-refractivity contribution in [3.8, 4) is 34.1 Å². The molecule has 0 bridgehead atoms. The maximum atomic E-state index is 9.79. The molecule has 2 aliphatic heterocycles. The van der Waals surface area contributed by atoms with E-state index in [0.717, 1.165) is 41.5 Å². The van der Waals surface area contributed by atoms with E-state index in [1.807, 2.05) is 18.2 Å². The van der Waals surface area contributed by atoms with Crippen LogP contribution in [0.5, 0.6) is 23.0 Å². The van der Waals surface area contributed by atoms with Crippen molar-refractivity contribution in [2.24, 2.45) is 5.92 Å². The second-order valence-electron chi connectivity index (χ2n) is 9.48. The molecule has 35 heavy (non-hydrogen) atoms. The molecule has 1 aliphatic carbocycles. The van der Waals surface area contributed by atoms with Gasteiger partial charge < -0.3 is 33.5 Å². The molecule has 5 rings (SSSR count). The van der Waals surface area contributed by atoms with E-state index in [-0.39, 0.29) is 18.3 Å². The Bertz CT molecular complexity index is 1060. The van der Waals surface area contributed by atoms with Gasteiger partial charge in [0, 0.05) is 11.1 Å². The van der Waals surface area contributed by atoms with E-state index in [0.29, 0.717) is 61.8 Å². The van der Waals surface area contributed by atoms with Crippen molar-refractivity contribution in [1.82, 2.24) is 0 Å². The third kappa shape index (κ3) is 5.92. The van der Waals surface area contributed by atoms with Gasteiger partial charge in [-0.05, 0) is 67.0 Å². The fraction of sp³-hybridized carbons (Fsp3) is 0.500. The largest absolute Gasteiger partial charge is 0.493 e. The zero-order chi connectivity index (χ0) is 24.4. The van der Waals surface area contributed by atoms with E-state index in [9.17, 15) is 5.11 Å². The van der Waals surface area contributed by atoms with Gasteiger partial charge in [0.15, 0.2) is 23.0 Å². The van der Waals surface area contributed by atoms with Crippen LogP contribution in [0.4, 0.5) is 0 Å². The molecular weight excluding hydrogens is 448 g/mol. The Morgan fingerprint density at radius 1 is 0.914 bits per heavy atom. The molecule has 7 nitrogen and oxygen atoms in total. The summed E-state index contributed by atoms with van der Waals surface area (Å²) in [6, 6.07) is 8.28. The highest BCUT2D eigenvalue weighted by atomic mass is 16.6. The molecule has 1 N–H and O–H groups in total. The van der Waals surface area contributed by atoms with Crippen molar-refractivity contribution >= 4 is 0 Å². The van der Waals surface area contributed by atoms with Crippen molar-refractivity contribution in [3.63, 3.8) is 0 Å². The summed E-state index contributed by atoms with van der Waals surface area (Å²) < 4.78 is 34.9. The maximum Gasteiger partial charge on any atom is 0.169 e. The van der Waals surface area contributed by atoms with Crippen LogP contribution in [0.25, 0.3) is 11.1 Å². The average Bonchev–Trinajstić information content (AvgIpc) is 3.72. The molecule has 0 radical (unpaired) electrons. The number of rotatable bonds is 14. The highest BCUT2D eigenvalue weighted by Gasteiger charge is 2.34. The molecule has 188 valence electrons. The first-order chi connectivity index (χ1) is 17.1. The van der Waals surface area contributed by atoms with Gasteiger partial charge in [0.1, 0.15) is 25.4 Å². The monoisotopic (exact) mass is 482 g/mol. The summed E-state index contributed by atoms with van der Waals surface area (Å²) >= 11 is 0. The fourth-order valence-electron chi connectivity index (χ4n) is 4.32. The molecule has 4 atom stereocenters. The Morgan fingerprint density at radius 2 is 1.43 bits per heavy atom. The zero-order valence-electron chi connectivity index (χ0n) is 20.5. The van der Waals surface area contributed by atoms with Crippen molar-refractivity contribution < 1.29 is 33.5 Å². The van der Waals surface area contributed by atoms with Crippen molar-refractivity contribution in [2.75, 3.05) is 40.6 Å². The first kappa shape index (κ1) is 24.0. The van der Waals surface area contributed by atoms with Gasteiger partial charge in [0.2, 0.25) is 0 Å². The van der Waals surface area contributed by atoms with Crippen molar-refractivity contribution in [2.45, 2.75) is 44.0 Å². The highest BCUT2D eigenvalue weighted by molar-refractivity contribution is 5.82. The number of aryl methyl sites for hydroxylation is 1. The summed E-state index contributed by atoms with van der Waals surface area (Å²) in [5, 5.41) is 9.79. The van der Waals surface area contributed by atoms with Gasteiger partial charge in [-0.15, -0.1) is 6.58 Å². The van der Waals surface area contributed by atoms with E-state index in [4.69, 9.17) is 28.4 Å². The van der Waals surface area contributed by atoms with E-state index >= 15 is 0 Å². The number of hydrogen-bond acceptors (Lipinski definition) is 7. The molecule has 2 saturated heterocycles. The Morgan fingerprint density at radius 3 is 1.89 bits per heavy atom. The van der Waals surface area contributed by atoms with Crippen LogP contribution in [-0.2, 0) is 22.3 Å². The molecule has 3 fully saturated rings. The molecule has 2 aromatic rings. The lowest BCUT2D eigenvalue weighted by atomic mass is 9.95. The number of hydrogen-bond donors (Lipinski definition) is 1. The van der Waals surface area contributed by atoms with E-state index in [1.54, 1.807) is 14.2 Å². The minimum Gasteiger partial charge on any atom is -0.493 e. The van der Waals surface area contributed by atoms with Crippen LogP contribution in [-0.4, -0.2) is 64.1 Å². The summed E-state index contributed by atoms with van der Waals surface area (Å²) in [5.41, 5.74) is 3.94. The molecule has 4 unspecified atom stereocenters. The third-order valence-electron chi connectivity index (χ3n) is 6.66. The second kappa shape index (κ2) is 10.5. The van der Waals surface area contributed by atoms with Crippen LogP contribution in [0.1, 0.15) is 24.0 Å². The summed E-state index contributed by atoms with van der Waals surface area (Å²) in [5.74, 6) is 3.01. The van der Waals surface area contributed by atoms with Crippen LogP contribution in [0, 0.1) is 5.92 Å². The molecule has 0 spiro atoms. The molecular formula is C28H34O7. The minimum atomic E-state index is -0.165. The molecule has 0 aromatic heterocycles. The quantitative estimate of drug-likeness (QED) is 0.322. The third-order valence-corrected chi connectivity index (χ3v) is 6.66. The van der Waals surface area contributed by atoms with Gasteiger partial charge >= 0.3 is 0 Å². The van der Waals surface area contributed by atoms with Crippen molar-refractivity contribution in [3.05, 3.63) is 48.0 Å². The molecule has 7 heteroatoms. The number of aliphatic hydroxyl groups excluding tert-OH is 1. The summed E-state index contributed by atoms with van der Waals surface area (Å²) in [6.45, 7) is 6.22. The smallest absolute Gasteiger partial charge is 0.169 e. The lowest BCUT2D eigenvalue weighted by molar-refractivity contribution is 0.249. The number of aliphatic hydroxyl groups is 1. The summed E-state index contributed by atoms with van der Waals surface area (Å²) in [7, 11) is 3.31. The van der Waals surface area contributed by atoms with Crippen LogP contribution in [0.2, 0.25) is 0 Å². The number of allylic oxidation sites excluding steroid dienone is 1. The van der Waals surface area contributed by atoms with E-state index in [1.165, 1.54) is 0 Å². The fourth-order valence-corrected chi connectivity index (χ4v) is 4.32. The normalized spacial score (nSPS) is 24.0. The first-order valence-electron chi connectivity index (χ1n) is 12.3. The Kier molecular flexibility index (Phi) is 7.18. The van der Waals surface area contributed by atoms with Crippen molar-refractivity contribution in [1.29, 1.82) is 0 Å². The number of epoxide rings is 2. The maximum absolute atomic E-state index is 9.79. The predicted octanol–water partition coefficient (Wildman–Crippen LogP) is 3.97. The molecule has 0 amide bonds. The van der Waals surface area contributed by atoms with Crippen LogP contribution in [0.3, 0.4) is 0 Å². The van der Waals surface area contributed by atoms with Gasteiger partial charge in [0.25, 0.3) is 0 Å². The number of benzene rings is 2. The second-order valence-corrected chi connectivity index (χ2v) is 9.48. The van der Waals surface area contributed by atoms with Gasteiger partial charge in [-0.25, -0.2) is 0 Å². The summed E-state index contributed by atoms with van der Waals surface area (Å²) in [6.07, 6.45) is 5.27. The van der Waals surface area contributed by atoms with Gasteiger partial charge in [-0.2, -0.15) is 0 Å². The lowest BCUT2D eigenvalue weighted by Crippen LogP contribution is -2.09. The van der Waals surface area contributed by atoms with Crippen LogP contribution >= 0.6 is 0 Å². The molecule has 2 heterocycles. The molecule has 1 saturated carbocycles. The minimum absolute atomic E-state index is 0.105. The number of ether oxygens (including phenoxy) is 6. The van der Waals surface area contributed by atoms with Crippen LogP contribution in [0.15, 0.2) is 36.9 Å². The van der Waals surface area contributed by atoms with Crippen LogP contribution < -0.4 is 18.9 Å². The Balaban J connectivity index is 1.59. The average molecular weight is 483 g/mol. The summed E-state index contributed by atoms with van der Waals surface area (Å²) in [4.78, 5) is 0. The molecule has 3 aliphatic rings. The van der Waals surface area contributed by atoms with Gasteiger partial charge in [0.05, 0.1) is 33.5 Å². The SMILES string of the molecule is C=CCc1cc(OC)c(OCC2CO2)c(-c2cc(CCC3CC3O)cc(OC)c2OCC2CO2)c1. The van der Waals surface area contributed by atoms with Gasteiger partial charge in [-0.3, -0.25) is 0 Å². The first-order valence-corrected chi connectivity index (χ1v) is 12.3. The zero-order valence-corrected chi connectivity index (χ0v) is 20.5. The lowest BCUT2D eigenvalue weighted by Gasteiger charge is -2.21. The van der Waals surface area contributed by atoms with E-state index < -0.39 is 0 Å². The van der Waals surface area contributed by atoms with E-state index in [2.05, 4.69) is 18.7 Å².